The molecule has 0 saturated heterocycles. The van der Waals surface area contributed by atoms with E-state index in [2.05, 4.69) is 4.72 Å². The minimum absolute atomic E-state index is 0.292. The number of methoxy groups -OCH3 is 1. The fourth-order valence-corrected chi connectivity index (χ4v) is 4.16. The lowest BCUT2D eigenvalue weighted by Gasteiger charge is -2.38. The van der Waals surface area contributed by atoms with Gasteiger partial charge in [-0.15, -0.1) is 0 Å². The van der Waals surface area contributed by atoms with E-state index in [9.17, 15) is 8.42 Å². The Morgan fingerprint density at radius 2 is 1.85 bits per heavy atom. The Morgan fingerprint density at radius 1 is 1.30 bits per heavy atom. The third-order valence-corrected chi connectivity index (χ3v) is 5.61. The van der Waals surface area contributed by atoms with Crippen molar-refractivity contribution in [1.82, 2.24) is 4.72 Å². The van der Waals surface area contributed by atoms with Crippen molar-refractivity contribution in [1.29, 1.82) is 0 Å². The van der Waals surface area contributed by atoms with Gasteiger partial charge in [0, 0.05) is 12.1 Å². The molecule has 0 aromatic heterocycles. The van der Waals surface area contributed by atoms with Crippen LogP contribution in [0.4, 0.5) is 0 Å². The van der Waals surface area contributed by atoms with Crippen LogP contribution in [-0.4, -0.2) is 27.6 Å². The number of sulfonamides is 1. The zero-order valence-electron chi connectivity index (χ0n) is 12.2. The van der Waals surface area contributed by atoms with E-state index < -0.39 is 10.0 Å². The molecule has 112 valence electrons. The van der Waals surface area contributed by atoms with Crippen molar-refractivity contribution in [3.63, 3.8) is 0 Å². The zero-order chi connectivity index (χ0) is 15.0. The van der Waals surface area contributed by atoms with E-state index in [1.165, 1.54) is 0 Å². The first-order valence-electron chi connectivity index (χ1n) is 6.71. The number of aryl methyl sites for hydroxylation is 2. The van der Waals surface area contributed by atoms with Crippen LogP contribution in [0.1, 0.15) is 30.4 Å². The second-order valence-corrected chi connectivity index (χ2v) is 7.33. The number of hydrogen-bond donors (Lipinski definition) is 2. The number of hydrogen-bond acceptors (Lipinski definition) is 4. The van der Waals surface area contributed by atoms with Gasteiger partial charge in [-0.1, -0.05) is 0 Å². The van der Waals surface area contributed by atoms with Gasteiger partial charge in [0.15, 0.2) is 0 Å². The molecule has 0 spiro atoms. The molecule has 1 aromatic rings. The molecule has 0 bridgehead atoms. The molecule has 0 amide bonds. The van der Waals surface area contributed by atoms with Crippen molar-refractivity contribution in [3.05, 3.63) is 23.3 Å². The summed E-state index contributed by atoms with van der Waals surface area (Å²) in [5, 5.41) is 0. The quantitative estimate of drug-likeness (QED) is 0.862. The molecule has 0 heterocycles. The van der Waals surface area contributed by atoms with Crippen LogP contribution in [-0.2, 0) is 10.0 Å². The van der Waals surface area contributed by atoms with E-state index in [0.717, 1.165) is 19.3 Å². The summed E-state index contributed by atoms with van der Waals surface area (Å²) in [6.45, 7) is 3.83. The molecular weight excluding hydrogens is 276 g/mol. The van der Waals surface area contributed by atoms with Gasteiger partial charge in [0.25, 0.3) is 0 Å². The molecular formula is C14H22N2O3S. The van der Waals surface area contributed by atoms with Crippen LogP contribution in [0.3, 0.4) is 0 Å². The third-order valence-electron chi connectivity index (χ3n) is 3.90. The van der Waals surface area contributed by atoms with Gasteiger partial charge < -0.3 is 10.5 Å². The second-order valence-electron chi connectivity index (χ2n) is 5.63. The van der Waals surface area contributed by atoms with Gasteiger partial charge in [-0.2, -0.15) is 0 Å². The maximum absolute atomic E-state index is 12.5. The summed E-state index contributed by atoms with van der Waals surface area (Å²) in [6, 6.07) is 3.45. The highest BCUT2D eigenvalue weighted by molar-refractivity contribution is 7.89. The fraction of sp³-hybridized carbons (Fsp3) is 0.571. The monoisotopic (exact) mass is 298 g/mol. The summed E-state index contributed by atoms with van der Waals surface area (Å²) in [6.07, 6.45) is 2.81. The molecule has 2 rings (SSSR count). The van der Waals surface area contributed by atoms with E-state index in [1.54, 1.807) is 33.1 Å². The van der Waals surface area contributed by atoms with Crippen LogP contribution in [0.5, 0.6) is 5.75 Å². The molecule has 1 aliphatic carbocycles. The summed E-state index contributed by atoms with van der Waals surface area (Å²) in [5.41, 5.74) is 7.04. The van der Waals surface area contributed by atoms with Crippen LogP contribution in [0.25, 0.3) is 0 Å². The molecule has 6 heteroatoms. The van der Waals surface area contributed by atoms with E-state index in [-0.39, 0.29) is 5.54 Å². The maximum atomic E-state index is 12.5. The predicted molar refractivity (Wildman–Crippen MR) is 78.4 cm³/mol. The van der Waals surface area contributed by atoms with E-state index in [0.29, 0.717) is 28.3 Å². The molecule has 0 unspecified atom stereocenters. The van der Waals surface area contributed by atoms with Gasteiger partial charge in [0.2, 0.25) is 10.0 Å². The first kappa shape index (κ1) is 15.3. The Hall–Kier alpha value is -1.11. The summed E-state index contributed by atoms with van der Waals surface area (Å²) in [5.74, 6) is 0.660. The van der Waals surface area contributed by atoms with Crippen LogP contribution in [0.15, 0.2) is 17.0 Å². The van der Waals surface area contributed by atoms with Crippen molar-refractivity contribution in [2.75, 3.05) is 13.7 Å². The highest BCUT2D eigenvalue weighted by atomic mass is 32.2. The first-order chi connectivity index (χ1) is 9.27. The van der Waals surface area contributed by atoms with Crippen molar-refractivity contribution in [3.8, 4) is 5.75 Å². The summed E-state index contributed by atoms with van der Waals surface area (Å²) < 4.78 is 32.7. The van der Waals surface area contributed by atoms with Gasteiger partial charge in [0.1, 0.15) is 5.75 Å². The highest BCUT2D eigenvalue weighted by Gasteiger charge is 2.34. The van der Waals surface area contributed by atoms with Crippen LogP contribution in [0.2, 0.25) is 0 Å². The standard InChI is InChI=1S/C14H22N2O3S/c1-10-7-12(19-3)8-11(2)13(10)20(17,18)16-9-14(15)5-4-6-14/h7-8,16H,4-6,9,15H2,1-3H3. The van der Waals surface area contributed by atoms with Crippen LogP contribution < -0.4 is 15.2 Å². The Kier molecular flexibility index (Phi) is 4.09. The topological polar surface area (TPSA) is 81.4 Å². The fourth-order valence-electron chi connectivity index (χ4n) is 2.57. The maximum Gasteiger partial charge on any atom is 0.241 e. The second kappa shape index (κ2) is 5.35. The number of ether oxygens (including phenoxy) is 1. The number of nitrogens with two attached hydrogens (primary N) is 1. The molecule has 1 aliphatic rings. The van der Waals surface area contributed by atoms with Crippen molar-refractivity contribution >= 4 is 10.0 Å². The van der Waals surface area contributed by atoms with Crippen molar-refractivity contribution in [2.45, 2.75) is 43.5 Å². The SMILES string of the molecule is COc1cc(C)c(S(=O)(=O)NCC2(N)CCC2)c(C)c1. The van der Waals surface area contributed by atoms with Gasteiger partial charge in [0.05, 0.1) is 12.0 Å². The molecule has 1 saturated carbocycles. The van der Waals surface area contributed by atoms with Gasteiger partial charge >= 0.3 is 0 Å². The molecule has 1 fully saturated rings. The number of rotatable bonds is 5. The normalized spacial score (nSPS) is 17.6. The third kappa shape index (κ3) is 2.97. The zero-order valence-corrected chi connectivity index (χ0v) is 13.0. The molecule has 3 N–H and O–H groups in total. The number of nitrogens with one attached hydrogen (secondary N) is 1. The molecule has 0 radical (unpaired) electrons. The average Bonchev–Trinajstić information content (AvgIpc) is 2.32. The summed E-state index contributed by atoms with van der Waals surface area (Å²) in [7, 11) is -1.98. The summed E-state index contributed by atoms with van der Waals surface area (Å²) >= 11 is 0. The predicted octanol–water partition coefficient (Wildman–Crippen LogP) is 1.47. The minimum Gasteiger partial charge on any atom is -0.497 e. The van der Waals surface area contributed by atoms with Crippen LogP contribution in [0, 0.1) is 13.8 Å². The van der Waals surface area contributed by atoms with Gasteiger partial charge in [-0.05, 0) is 56.4 Å². The smallest absolute Gasteiger partial charge is 0.241 e. The lowest BCUT2D eigenvalue weighted by molar-refractivity contribution is 0.251. The highest BCUT2D eigenvalue weighted by Crippen LogP contribution is 2.30. The first-order valence-corrected chi connectivity index (χ1v) is 8.19. The molecule has 20 heavy (non-hydrogen) atoms. The van der Waals surface area contributed by atoms with Crippen molar-refractivity contribution < 1.29 is 13.2 Å². The molecule has 0 atom stereocenters. The molecule has 0 aliphatic heterocycles. The van der Waals surface area contributed by atoms with Crippen LogP contribution >= 0.6 is 0 Å². The Balaban J connectivity index is 2.25. The van der Waals surface area contributed by atoms with Gasteiger partial charge in [-0.25, -0.2) is 13.1 Å². The average molecular weight is 298 g/mol. The Labute approximate surface area is 120 Å². The van der Waals surface area contributed by atoms with E-state index in [1.807, 2.05) is 0 Å². The summed E-state index contributed by atoms with van der Waals surface area (Å²) in [4.78, 5) is 0.321. The number of benzene rings is 1. The van der Waals surface area contributed by atoms with E-state index >= 15 is 0 Å². The van der Waals surface area contributed by atoms with Gasteiger partial charge in [-0.3, -0.25) is 0 Å². The van der Waals surface area contributed by atoms with E-state index in [4.69, 9.17) is 10.5 Å². The lowest BCUT2D eigenvalue weighted by Crippen LogP contribution is -2.54. The minimum atomic E-state index is -3.54. The molecule has 5 nitrogen and oxygen atoms in total. The molecule has 1 aromatic carbocycles. The Morgan fingerprint density at radius 3 is 2.25 bits per heavy atom. The lowest BCUT2D eigenvalue weighted by atomic mass is 9.78. The van der Waals surface area contributed by atoms with Crippen molar-refractivity contribution in [2.24, 2.45) is 5.73 Å². The Bertz CT molecular complexity index is 584. The largest absolute Gasteiger partial charge is 0.497 e.